The topological polar surface area (TPSA) is 78.4 Å². The van der Waals surface area contributed by atoms with E-state index in [0.29, 0.717) is 6.04 Å². The van der Waals surface area contributed by atoms with E-state index in [1.807, 2.05) is 0 Å². The Hall–Kier alpha value is -1.10. The Balaban J connectivity index is 2.11. The largest absolute Gasteiger partial charge is 0.480 e. The number of carboxylic acids is 1. The molecule has 1 aliphatic carbocycles. The van der Waals surface area contributed by atoms with Crippen molar-refractivity contribution in [2.75, 3.05) is 6.54 Å². The number of carbonyl (C=O) groups is 2. The Morgan fingerprint density at radius 3 is 2.62 bits per heavy atom. The normalized spacial score (nSPS) is 17.9. The second-order valence-corrected chi connectivity index (χ2v) is 3.28. The lowest BCUT2D eigenvalue weighted by Gasteiger charge is -2.09. The number of carboxylic acid groups (broad SMARTS) is 1. The average Bonchev–Trinajstić information content (AvgIpc) is 2.83. The molecule has 13 heavy (non-hydrogen) atoms. The molecule has 0 aromatic heterocycles. The highest BCUT2D eigenvalue weighted by atomic mass is 16.4. The molecule has 1 saturated carbocycles. The van der Waals surface area contributed by atoms with Crippen LogP contribution in [0.1, 0.15) is 19.8 Å². The van der Waals surface area contributed by atoms with Crippen LogP contribution in [0.3, 0.4) is 0 Å². The maximum absolute atomic E-state index is 11.1. The van der Waals surface area contributed by atoms with Crippen LogP contribution in [-0.4, -0.2) is 35.6 Å². The quantitative estimate of drug-likeness (QED) is 0.532. The highest BCUT2D eigenvalue weighted by molar-refractivity contribution is 5.84. The molecule has 5 heteroatoms. The molecule has 0 spiro atoms. The molecule has 1 amide bonds. The highest BCUT2D eigenvalue weighted by Crippen LogP contribution is 2.17. The first-order valence-electron chi connectivity index (χ1n) is 4.35. The third kappa shape index (κ3) is 3.89. The SMILES string of the molecule is C[C@H](NC(=O)CNC1CC1)C(=O)O. The van der Waals surface area contributed by atoms with Gasteiger partial charge in [-0.2, -0.15) is 0 Å². The van der Waals surface area contributed by atoms with Crippen LogP contribution >= 0.6 is 0 Å². The number of aliphatic carboxylic acids is 1. The second kappa shape index (κ2) is 4.23. The first-order chi connectivity index (χ1) is 6.09. The zero-order chi connectivity index (χ0) is 9.84. The summed E-state index contributed by atoms with van der Waals surface area (Å²) in [6.07, 6.45) is 2.23. The fourth-order valence-corrected chi connectivity index (χ4v) is 0.879. The van der Waals surface area contributed by atoms with E-state index < -0.39 is 12.0 Å². The first-order valence-corrected chi connectivity index (χ1v) is 4.35. The number of hydrogen-bond acceptors (Lipinski definition) is 3. The molecule has 1 atom stereocenters. The highest BCUT2D eigenvalue weighted by Gasteiger charge is 2.22. The molecule has 0 aromatic carbocycles. The summed E-state index contributed by atoms with van der Waals surface area (Å²) in [5.74, 6) is -1.28. The van der Waals surface area contributed by atoms with Crippen molar-refractivity contribution in [3.8, 4) is 0 Å². The smallest absolute Gasteiger partial charge is 0.325 e. The van der Waals surface area contributed by atoms with E-state index in [2.05, 4.69) is 10.6 Å². The monoisotopic (exact) mass is 186 g/mol. The number of amides is 1. The van der Waals surface area contributed by atoms with Gasteiger partial charge in [0.2, 0.25) is 5.91 Å². The lowest BCUT2D eigenvalue weighted by atomic mass is 10.3. The van der Waals surface area contributed by atoms with Crippen molar-refractivity contribution in [2.24, 2.45) is 0 Å². The predicted octanol–water partition coefficient (Wildman–Crippen LogP) is -0.672. The standard InChI is InChI=1S/C8H14N2O3/c1-5(8(12)13)10-7(11)4-9-6-2-3-6/h5-6,9H,2-4H2,1H3,(H,10,11)(H,12,13)/t5-/m0/s1. The lowest BCUT2D eigenvalue weighted by molar-refractivity contribution is -0.141. The fraction of sp³-hybridized carbons (Fsp3) is 0.750. The van der Waals surface area contributed by atoms with E-state index in [4.69, 9.17) is 5.11 Å². The summed E-state index contributed by atoms with van der Waals surface area (Å²) in [5, 5.41) is 13.8. The van der Waals surface area contributed by atoms with Crippen LogP contribution in [0.15, 0.2) is 0 Å². The van der Waals surface area contributed by atoms with Crippen LogP contribution in [0.2, 0.25) is 0 Å². The molecule has 0 aliphatic heterocycles. The van der Waals surface area contributed by atoms with E-state index in [1.165, 1.54) is 6.92 Å². The van der Waals surface area contributed by atoms with Crippen LogP contribution in [0, 0.1) is 0 Å². The van der Waals surface area contributed by atoms with Crippen molar-refractivity contribution < 1.29 is 14.7 Å². The van der Waals surface area contributed by atoms with Gasteiger partial charge in [0.15, 0.2) is 0 Å². The molecule has 0 heterocycles. The Labute approximate surface area is 76.5 Å². The van der Waals surface area contributed by atoms with Crippen molar-refractivity contribution in [1.29, 1.82) is 0 Å². The fourth-order valence-electron chi connectivity index (χ4n) is 0.879. The molecule has 0 unspecified atom stereocenters. The third-order valence-corrected chi connectivity index (χ3v) is 1.88. The summed E-state index contributed by atoms with van der Waals surface area (Å²) in [6, 6.07) is -0.348. The molecule has 5 nitrogen and oxygen atoms in total. The average molecular weight is 186 g/mol. The Kier molecular flexibility index (Phi) is 3.25. The van der Waals surface area contributed by atoms with Gasteiger partial charge in [0.25, 0.3) is 0 Å². The van der Waals surface area contributed by atoms with Crippen LogP contribution in [0.25, 0.3) is 0 Å². The zero-order valence-corrected chi connectivity index (χ0v) is 7.54. The van der Waals surface area contributed by atoms with E-state index >= 15 is 0 Å². The molecule has 1 aliphatic rings. The van der Waals surface area contributed by atoms with Crippen LogP contribution in [0.5, 0.6) is 0 Å². The number of nitrogens with one attached hydrogen (secondary N) is 2. The van der Waals surface area contributed by atoms with Gasteiger partial charge >= 0.3 is 5.97 Å². The second-order valence-electron chi connectivity index (χ2n) is 3.28. The zero-order valence-electron chi connectivity index (χ0n) is 7.54. The Morgan fingerprint density at radius 1 is 1.54 bits per heavy atom. The van der Waals surface area contributed by atoms with Crippen LogP contribution < -0.4 is 10.6 Å². The minimum absolute atomic E-state index is 0.211. The van der Waals surface area contributed by atoms with Gasteiger partial charge in [0, 0.05) is 6.04 Å². The summed E-state index contributed by atoms with van der Waals surface area (Å²) < 4.78 is 0. The van der Waals surface area contributed by atoms with E-state index in [0.717, 1.165) is 12.8 Å². The van der Waals surface area contributed by atoms with Gasteiger partial charge in [-0.15, -0.1) is 0 Å². The van der Waals surface area contributed by atoms with Crippen LogP contribution in [-0.2, 0) is 9.59 Å². The molecule has 0 aromatic rings. The van der Waals surface area contributed by atoms with Crippen LogP contribution in [0.4, 0.5) is 0 Å². The van der Waals surface area contributed by atoms with Gasteiger partial charge in [-0.3, -0.25) is 9.59 Å². The predicted molar refractivity (Wildman–Crippen MR) is 46.3 cm³/mol. The summed E-state index contributed by atoms with van der Waals surface area (Å²) in [4.78, 5) is 21.4. The summed E-state index contributed by atoms with van der Waals surface area (Å²) in [6.45, 7) is 1.65. The third-order valence-electron chi connectivity index (χ3n) is 1.88. The lowest BCUT2D eigenvalue weighted by Crippen LogP contribution is -2.43. The van der Waals surface area contributed by atoms with E-state index in [-0.39, 0.29) is 12.5 Å². The van der Waals surface area contributed by atoms with E-state index in [1.54, 1.807) is 0 Å². The molecule has 0 radical (unpaired) electrons. The van der Waals surface area contributed by atoms with Gasteiger partial charge in [-0.25, -0.2) is 0 Å². The molecule has 74 valence electrons. The molecule has 0 bridgehead atoms. The minimum Gasteiger partial charge on any atom is -0.480 e. The van der Waals surface area contributed by atoms with Crippen molar-refractivity contribution in [3.63, 3.8) is 0 Å². The van der Waals surface area contributed by atoms with Gasteiger partial charge in [-0.05, 0) is 19.8 Å². The Bertz CT molecular complexity index is 213. The van der Waals surface area contributed by atoms with E-state index in [9.17, 15) is 9.59 Å². The molecule has 0 saturated heterocycles. The molecule has 3 N–H and O–H groups in total. The molecule has 1 fully saturated rings. The summed E-state index contributed by atoms with van der Waals surface area (Å²) >= 11 is 0. The van der Waals surface area contributed by atoms with Crippen molar-refractivity contribution >= 4 is 11.9 Å². The number of rotatable bonds is 5. The van der Waals surface area contributed by atoms with Crippen molar-refractivity contribution in [3.05, 3.63) is 0 Å². The maximum atomic E-state index is 11.1. The minimum atomic E-state index is -1.01. The molecular weight excluding hydrogens is 172 g/mol. The number of carbonyl (C=O) groups excluding carboxylic acids is 1. The van der Waals surface area contributed by atoms with Gasteiger partial charge in [0.1, 0.15) is 6.04 Å². The molecule has 1 rings (SSSR count). The van der Waals surface area contributed by atoms with Crippen molar-refractivity contribution in [1.82, 2.24) is 10.6 Å². The maximum Gasteiger partial charge on any atom is 0.325 e. The first kappa shape index (κ1) is 9.98. The van der Waals surface area contributed by atoms with Gasteiger partial charge in [0.05, 0.1) is 6.54 Å². The summed E-state index contributed by atoms with van der Waals surface area (Å²) in [7, 11) is 0. The van der Waals surface area contributed by atoms with Gasteiger partial charge < -0.3 is 15.7 Å². The molecular formula is C8H14N2O3. The number of hydrogen-bond donors (Lipinski definition) is 3. The summed E-state index contributed by atoms with van der Waals surface area (Å²) in [5.41, 5.74) is 0. The van der Waals surface area contributed by atoms with Gasteiger partial charge in [-0.1, -0.05) is 0 Å². The Morgan fingerprint density at radius 2 is 2.15 bits per heavy atom. The van der Waals surface area contributed by atoms with Crippen molar-refractivity contribution in [2.45, 2.75) is 31.8 Å².